The van der Waals surface area contributed by atoms with Crippen LogP contribution in [-0.2, 0) is 0 Å². The highest BCUT2D eigenvalue weighted by Gasteiger charge is 2.26. The van der Waals surface area contributed by atoms with Crippen molar-refractivity contribution in [2.75, 3.05) is 18.4 Å². The minimum absolute atomic E-state index is 0.143. The van der Waals surface area contributed by atoms with Gasteiger partial charge >= 0.3 is 6.03 Å². The molecule has 0 aromatic heterocycles. The molecule has 0 saturated carbocycles. The first-order chi connectivity index (χ1) is 8.69. The van der Waals surface area contributed by atoms with Gasteiger partial charge in [-0.15, -0.1) is 0 Å². The fourth-order valence-electron chi connectivity index (χ4n) is 1.75. The maximum Gasteiger partial charge on any atom is 0.320 e. The number of nitrogens with two attached hydrogens (primary N) is 1. The molecule has 18 heavy (non-hydrogen) atoms. The van der Waals surface area contributed by atoms with Gasteiger partial charge in [0.25, 0.3) is 0 Å². The van der Waals surface area contributed by atoms with E-state index in [4.69, 9.17) is 5.73 Å². The Labute approximate surface area is 104 Å². The minimum atomic E-state index is -0.360. The van der Waals surface area contributed by atoms with Gasteiger partial charge in [-0.3, -0.25) is 5.43 Å². The number of anilines is 1. The van der Waals surface area contributed by atoms with Crippen LogP contribution in [0.2, 0.25) is 0 Å². The molecule has 6 nitrogen and oxygen atoms in total. The first-order valence-corrected chi connectivity index (χ1v) is 5.70. The lowest BCUT2D eigenvalue weighted by atomic mass is 10.1. The largest absolute Gasteiger partial charge is 0.330 e. The van der Waals surface area contributed by atoms with Crippen LogP contribution in [0.5, 0.6) is 0 Å². The maximum atomic E-state index is 12.7. The highest BCUT2D eigenvalue weighted by molar-refractivity contribution is 5.89. The van der Waals surface area contributed by atoms with Gasteiger partial charge in [0.2, 0.25) is 0 Å². The summed E-state index contributed by atoms with van der Waals surface area (Å²) in [5, 5.41) is 5.36. The molecule has 1 saturated heterocycles. The molecule has 2 amide bonds. The van der Waals surface area contributed by atoms with Gasteiger partial charge in [0.1, 0.15) is 5.82 Å². The fraction of sp³-hybridized carbons (Fsp3) is 0.364. The second-order valence-electron chi connectivity index (χ2n) is 4.10. The van der Waals surface area contributed by atoms with Crippen LogP contribution in [0.3, 0.4) is 0 Å². The van der Waals surface area contributed by atoms with E-state index in [-0.39, 0.29) is 23.9 Å². The molecule has 1 aromatic carbocycles. The van der Waals surface area contributed by atoms with E-state index >= 15 is 0 Å². The van der Waals surface area contributed by atoms with Crippen molar-refractivity contribution in [1.29, 1.82) is 0 Å². The van der Waals surface area contributed by atoms with Crippen LogP contribution in [-0.4, -0.2) is 25.3 Å². The Kier molecular flexibility index (Phi) is 4.08. The number of hydrazine groups is 1. The third-order valence-electron chi connectivity index (χ3n) is 2.78. The Bertz CT molecular complexity index is 410. The molecule has 1 heterocycles. The molecule has 2 atom stereocenters. The second kappa shape index (κ2) is 5.76. The number of hydrogen-bond donors (Lipinski definition) is 5. The average Bonchev–Trinajstić information content (AvgIpc) is 2.79. The number of amides is 2. The van der Waals surface area contributed by atoms with Gasteiger partial charge < -0.3 is 16.4 Å². The summed E-state index contributed by atoms with van der Waals surface area (Å²) in [6, 6.07) is 5.20. The predicted octanol–water partition coefficient (Wildman–Crippen LogP) is -0.0440. The van der Waals surface area contributed by atoms with Crippen molar-refractivity contribution < 1.29 is 9.18 Å². The summed E-state index contributed by atoms with van der Waals surface area (Å²) in [5.41, 5.74) is 12.0. The topological polar surface area (TPSA) is 91.2 Å². The third kappa shape index (κ3) is 3.16. The van der Waals surface area contributed by atoms with E-state index in [9.17, 15) is 9.18 Å². The Morgan fingerprint density at radius 1 is 1.44 bits per heavy atom. The van der Waals surface area contributed by atoms with Crippen LogP contribution in [0.25, 0.3) is 0 Å². The SMILES string of the molecule is NCC1CNNC1NC(=O)Nc1ccc(F)cc1. The van der Waals surface area contributed by atoms with Gasteiger partial charge in [-0.25, -0.2) is 14.6 Å². The van der Waals surface area contributed by atoms with Crippen molar-refractivity contribution in [3.8, 4) is 0 Å². The minimum Gasteiger partial charge on any atom is -0.330 e. The number of nitrogens with one attached hydrogen (secondary N) is 4. The molecule has 1 aromatic rings. The molecular weight excluding hydrogens is 237 g/mol. The number of rotatable bonds is 3. The van der Waals surface area contributed by atoms with Crippen LogP contribution in [0.15, 0.2) is 24.3 Å². The normalized spacial score (nSPS) is 22.8. The van der Waals surface area contributed by atoms with Crippen LogP contribution in [0.4, 0.5) is 14.9 Å². The lowest BCUT2D eigenvalue weighted by molar-refractivity contribution is 0.243. The van der Waals surface area contributed by atoms with Gasteiger partial charge in [-0.05, 0) is 30.8 Å². The van der Waals surface area contributed by atoms with E-state index in [0.717, 1.165) is 0 Å². The molecule has 0 bridgehead atoms. The standard InChI is InChI=1S/C11H16FN5O/c12-8-1-3-9(4-2-8)15-11(18)16-10-7(5-13)6-14-17-10/h1-4,7,10,14,17H,5-6,13H2,(H2,15,16,18). The lowest BCUT2D eigenvalue weighted by Gasteiger charge is -2.18. The van der Waals surface area contributed by atoms with Crippen LogP contribution >= 0.6 is 0 Å². The van der Waals surface area contributed by atoms with Crippen LogP contribution < -0.4 is 27.2 Å². The van der Waals surface area contributed by atoms with Crippen molar-refractivity contribution in [2.24, 2.45) is 11.7 Å². The van der Waals surface area contributed by atoms with Gasteiger partial charge in [0, 0.05) is 18.2 Å². The summed E-state index contributed by atoms with van der Waals surface area (Å²) in [4.78, 5) is 11.7. The van der Waals surface area contributed by atoms with Gasteiger partial charge in [-0.1, -0.05) is 0 Å². The Morgan fingerprint density at radius 2 is 2.17 bits per heavy atom. The molecule has 2 unspecified atom stereocenters. The number of benzene rings is 1. The number of carbonyl (C=O) groups excluding carboxylic acids is 1. The van der Waals surface area contributed by atoms with Crippen molar-refractivity contribution in [3.05, 3.63) is 30.1 Å². The molecular formula is C11H16FN5O. The zero-order valence-electron chi connectivity index (χ0n) is 9.74. The van der Waals surface area contributed by atoms with Crippen molar-refractivity contribution in [3.63, 3.8) is 0 Å². The molecule has 1 aliphatic rings. The molecule has 7 heteroatoms. The molecule has 1 fully saturated rings. The van der Waals surface area contributed by atoms with Crippen molar-refractivity contribution in [1.82, 2.24) is 16.2 Å². The van der Waals surface area contributed by atoms with E-state index in [1.165, 1.54) is 24.3 Å². The van der Waals surface area contributed by atoms with Crippen LogP contribution in [0.1, 0.15) is 0 Å². The summed E-state index contributed by atoms with van der Waals surface area (Å²) in [7, 11) is 0. The molecule has 6 N–H and O–H groups in total. The average molecular weight is 253 g/mol. The molecule has 2 rings (SSSR count). The van der Waals surface area contributed by atoms with Crippen molar-refractivity contribution in [2.45, 2.75) is 6.17 Å². The van der Waals surface area contributed by atoms with Crippen molar-refractivity contribution >= 4 is 11.7 Å². The second-order valence-corrected chi connectivity index (χ2v) is 4.10. The summed E-state index contributed by atoms with van der Waals surface area (Å²) < 4.78 is 12.7. The molecule has 1 aliphatic heterocycles. The number of halogens is 1. The quantitative estimate of drug-likeness (QED) is 0.522. The van der Waals surface area contributed by atoms with E-state index < -0.39 is 0 Å². The fourth-order valence-corrected chi connectivity index (χ4v) is 1.75. The summed E-state index contributed by atoms with van der Waals surface area (Å²) >= 11 is 0. The number of urea groups is 1. The Morgan fingerprint density at radius 3 is 2.83 bits per heavy atom. The zero-order chi connectivity index (χ0) is 13.0. The molecule has 0 radical (unpaired) electrons. The number of carbonyl (C=O) groups is 1. The Hall–Kier alpha value is -1.70. The maximum absolute atomic E-state index is 12.7. The summed E-state index contributed by atoms with van der Waals surface area (Å²) in [6.07, 6.45) is -0.213. The first-order valence-electron chi connectivity index (χ1n) is 5.70. The smallest absolute Gasteiger partial charge is 0.320 e. The number of hydrogen-bond acceptors (Lipinski definition) is 4. The monoisotopic (exact) mass is 253 g/mol. The first kappa shape index (κ1) is 12.7. The van der Waals surface area contributed by atoms with E-state index in [1.54, 1.807) is 0 Å². The Balaban J connectivity index is 1.86. The highest BCUT2D eigenvalue weighted by atomic mass is 19.1. The summed E-state index contributed by atoms with van der Waals surface area (Å²) in [5.74, 6) is -0.199. The van der Waals surface area contributed by atoms with E-state index in [0.29, 0.717) is 18.8 Å². The zero-order valence-corrected chi connectivity index (χ0v) is 9.74. The summed E-state index contributed by atoms with van der Waals surface area (Å²) in [6.45, 7) is 1.18. The van der Waals surface area contributed by atoms with E-state index in [1.807, 2.05) is 0 Å². The van der Waals surface area contributed by atoms with E-state index in [2.05, 4.69) is 21.5 Å². The van der Waals surface area contributed by atoms with Gasteiger partial charge in [-0.2, -0.15) is 0 Å². The third-order valence-corrected chi connectivity index (χ3v) is 2.78. The highest BCUT2D eigenvalue weighted by Crippen LogP contribution is 2.08. The molecule has 98 valence electrons. The molecule has 0 aliphatic carbocycles. The predicted molar refractivity (Wildman–Crippen MR) is 66.0 cm³/mol. The van der Waals surface area contributed by atoms with Gasteiger partial charge in [0.05, 0.1) is 6.17 Å². The van der Waals surface area contributed by atoms with Gasteiger partial charge in [0.15, 0.2) is 0 Å². The lowest BCUT2D eigenvalue weighted by Crippen LogP contribution is -2.49. The molecule has 0 spiro atoms. The van der Waals surface area contributed by atoms with Crippen LogP contribution in [0, 0.1) is 11.7 Å².